The summed E-state index contributed by atoms with van der Waals surface area (Å²) >= 11 is 0. The van der Waals surface area contributed by atoms with E-state index < -0.39 is 6.17 Å². The van der Waals surface area contributed by atoms with E-state index >= 15 is 0 Å². The third-order valence-corrected chi connectivity index (χ3v) is 2.34. The molecule has 0 bridgehead atoms. The molecule has 1 aromatic heterocycles. The van der Waals surface area contributed by atoms with Crippen LogP contribution in [0, 0.1) is 0 Å². The van der Waals surface area contributed by atoms with Crippen molar-refractivity contribution in [1.82, 2.24) is 9.55 Å². The van der Waals surface area contributed by atoms with Gasteiger partial charge in [0, 0.05) is 12.1 Å². The van der Waals surface area contributed by atoms with E-state index in [9.17, 15) is 4.39 Å². The molecule has 0 aliphatic carbocycles. The Labute approximate surface area is 71.4 Å². The Hall–Kier alpha value is -0.860. The van der Waals surface area contributed by atoms with Crippen LogP contribution in [-0.2, 0) is 13.0 Å². The highest BCUT2D eigenvalue weighted by atomic mass is 19.1. The highest BCUT2D eigenvalue weighted by molar-refractivity contribution is 5.20. The Morgan fingerprint density at radius 3 is 3.08 bits per heavy atom. The van der Waals surface area contributed by atoms with Gasteiger partial charge in [0.2, 0.25) is 0 Å². The molecule has 0 amide bonds. The molecule has 1 aliphatic rings. The van der Waals surface area contributed by atoms with Gasteiger partial charge in [0.25, 0.3) is 0 Å². The number of imidazole rings is 1. The molecule has 2 heterocycles. The Kier molecular flexibility index (Phi) is 1.67. The van der Waals surface area contributed by atoms with E-state index in [4.69, 9.17) is 0 Å². The monoisotopic (exact) mass is 168 g/mol. The van der Waals surface area contributed by atoms with E-state index in [0.29, 0.717) is 18.9 Å². The summed E-state index contributed by atoms with van der Waals surface area (Å²) in [5.41, 5.74) is 2.16. The molecule has 3 heteroatoms. The van der Waals surface area contributed by atoms with Gasteiger partial charge in [-0.2, -0.15) is 0 Å². The molecule has 0 saturated carbocycles. The van der Waals surface area contributed by atoms with Crippen LogP contribution in [0.25, 0.3) is 0 Å². The number of hydrogen-bond donors (Lipinski definition) is 0. The Morgan fingerprint density at radius 1 is 1.67 bits per heavy atom. The number of nitrogens with zero attached hydrogens (tertiary/aromatic N) is 2. The van der Waals surface area contributed by atoms with Crippen LogP contribution in [0.15, 0.2) is 6.33 Å². The van der Waals surface area contributed by atoms with E-state index in [-0.39, 0.29) is 0 Å². The van der Waals surface area contributed by atoms with Gasteiger partial charge in [-0.05, 0) is 5.92 Å². The number of rotatable bonds is 1. The van der Waals surface area contributed by atoms with Crippen LogP contribution in [0.3, 0.4) is 0 Å². The molecule has 2 nitrogen and oxygen atoms in total. The molecule has 1 aliphatic heterocycles. The normalized spacial score (nSPS) is 21.8. The third-order valence-electron chi connectivity index (χ3n) is 2.34. The maximum absolute atomic E-state index is 12.9. The fourth-order valence-electron chi connectivity index (χ4n) is 1.77. The summed E-state index contributed by atoms with van der Waals surface area (Å²) in [5.74, 6) is 0.409. The first kappa shape index (κ1) is 7.77. The standard InChI is InChI=1S/C9H13FN2/c1-6(2)9-8-3-7(10)4-12(8)5-11-9/h5-7H,3-4H2,1-2H3/t7-/m1/s1. The second-order valence-corrected chi connectivity index (χ2v) is 3.68. The highest BCUT2D eigenvalue weighted by Gasteiger charge is 2.25. The van der Waals surface area contributed by atoms with E-state index in [1.807, 2.05) is 4.57 Å². The molecule has 0 aromatic carbocycles. The summed E-state index contributed by atoms with van der Waals surface area (Å²) < 4.78 is 14.9. The quantitative estimate of drug-likeness (QED) is 0.626. The molecule has 12 heavy (non-hydrogen) atoms. The van der Waals surface area contributed by atoms with Gasteiger partial charge in [0.1, 0.15) is 6.17 Å². The minimum Gasteiger partial charge on any atom is -0.331 e. The lowest BCUT2D eigenvalue weighted by molar-refractivity contribution is 0.328. The smallest absolute Gasteiger partial charge is 0.123 e. The average Bonchev–Trinajstić information content (AvgIpc) is 2.43. The number of fused-ring (bicyclic) bond motifs is 1. The van der Waals surface area contributed by atoms with Crippen LogP contribution in [0.1, 0.15) is 31.2 Å². The Balaban J connectivity index is 2.37. The number of alkyl halides is 1. The zero-order chi connectivity index (χ0) is 8.72. The third kappa shape index (κ3) is 1.04. The fraction of sp³-hybridized carbons (Fsp3) is 0.667. The van der Waals surface area contributed by atoms with Gasteiger partial charge in [0.05, 0.1) is 18.6 Å². The zero-order valence-corrected chi connectivity index (χ0v) is 7.42. The average molecular weight is 168 g/mol. The van der Waals surface area contributed by atoms with E-state index in [0.717, 1.165) is 11.4 Å². The molecule has 0 radical (unpaired) electrons. The van der Waals surface area contributed by atoms with Crippen LogP contribution in [0.2, 0.25) is 0 Å². The largest absolute Gasteiger partial charge is 0.331 e. The van der Waals surface area contributed by atoms with Crippen LogP contribution in [-0.4, -0.2) is 15.7 Å². The summed E-state index contributed by atoms with van der Waals surface area (Å²) in [6, 6.07) is 0. The van der Waals surface area contributed by atoms with Crippen molar-refractivity contribution in [2.45, 2.75) is 38.9 Å². The minimum absolute atomic E-state index is 0.409. The summed E-state index contributed by atoms with van der Waals surface area (Å²) in [5, 5.41) is 0. The highest BCUT2D eigenvalue weighted by Crippen LogP contribution is 2.25. The molecule has 1 aromatic rings. The van der Waals surface area contributed by atoms with Crippen molar-refractivity contribution in [3.8, 4) is 0 Å². The van der Waals surface area contributed by atoms with Gasteiger partial charge >= 0.3 is 0 Å². The van der Waals surface area contributed by atoms with Gasteiger partial charge in [-0.15, -0.1) is 0 Å². The topological polar surface area (TPSA) is 17.8 Å². The molecule has 0 fully saturated rings. The lowest BCUT2D eigenvalue weighted by Crippen LogP contribution is -2.01. The minimum atomic E-state index is -0.694. The zero-order valence-electron chi connectivity index (χ0n) is 7.42. The lowest BCUT2D eigenvalue weighted by Gasteiger charge is -2.02. The predicted molar refractivity (Wildman–Crippen MR) is 44.9 cm³/mol. The van der Waals surface area contributed by atoms with Gasteiger partial charge in [-0.25, -0.2) is 9.37 Å². The van der Waals surface area contributed by atoms with E-state index in [2.05, 4.69) is 18.8 Å². The van der Waals surface area contributed by atoms with Crippen molar-refractivity contribution in [2.75, 3.05) is 0 Å². The molecule has 0 saturated heterocycles. The summed E-state index contributed by atoms with van der Waals surface area (Å²) in [6.07, 6.45) is 1.61. The first-order valence-corrected chi connectivity index (χ1v) is 4.36. The lowest BCUT2D eigenvalue weighted by atomic mass is 10.1. The molecule has 1 atom stereocenters. The van der Waals surface area contributed by atoms with E-state index in [1.165, 1.54) is 0 Å². The molecule has 0 N–H and O–H groups in total. The van der Waals surface area contributed by atoms with Crippen LogP contribution >= 0.6 is 0 Å². The maximum atomic E-state index is 12.9. The second-order valence-electron chi connectivity index (χ2n) is 3.68. The van der Waals surface area contributed by atoms with Crippen molar-refractivity contribution < 1.29 is 4.39 Å². The van der Waals surface area contributed by atoms with Crippen LogP contribution in [0.5, 0.6) is 0 Å². The summed E-state index contributed by atoms with van der Waals surface area (Å²) in [7, 11) is 0. The first-order chi connectivity index (χ1) is 5.68. The predicted octanol–water partition coefficient (Wildman–Crippen LogP) is 1.90. The summed E-state index contributed by atoms with van der Waals surface area (Å²) in [4.78, 5) is 4.27. The molecule has 0 unspecified atom stereocenters. The molecular formula is C9H13FN2. The van der Waals surface area contributed by atoms with Crippen LogP contribution < -0.4 is 0 Å². The van der Waals surface area contributed by atoms with Crippen molar-refractivity contribution in [2.24, 2.45) is 0 Å². The van der Waals surface area contributed by atoms with Crippen molar-refractivity contribution in [1.29, 1.82) is 0 Å². The molecule has 0 spiro atoms. The van der Waals surface area contributed by atoms with Gasteiger partial charge < -0.3 is 4.57 Å². The fourth-order valence-corrected chi connectivity index (χ4v) is 1.77. The van der Waals surface area contributed by atoms with Gasteiger partial charge in [-0.1, -0.05) is 13.8 Å². The SMILES string of the molecule is CC(C)c1ncn2c1C[C@@H](F)C2. The van der Waals surface area contributed by atoms with Crippen LogP contribution in [0.4, 0.5) is 4.39 Å². The van der Waals surface area contributed by atoms with Crippen molar-refractivity contribution in [3.05, 3.63) is 17.7 Å². The molecule has 2 rings (SSSR count). The molecular weight excluding hydrogens is 155 g/mol. The number of aromatic nitrogens is 2. The first-order valence-electron chi connectivity index (χ1n) is 4.36. The van der Waals surface area contributed by atoms with Gasteiger partial charge in [-0.3, -0.25) is 0 Å². The Morgan fingerprint density at radius 2 is 2.42 bits per heavy atom. The Bertz CT molecular complexity index is 291. The number of halogens is 1. The van der Waals surface area contributed by atoms with Crippen molar-refractivity contribution in [3.63, 3.8) is 0 Å². The van der Waals surface area contributed by atoms with E-state index in [1.54, 1.807) is 6.33 Å². The molecule has 66 valence electrons. The number of hydrogen-bond acceptors (Lipinski definition) is 1. The van der Waals surface area contributed by atoms with Gasteiger partial charge in [0.15, 0.2) is 0 Å². The second kappa shape index (κ2) is 2.57. The summed E-state index contributed by atoms with van der Waals surface area (Å²) in [6.45, 7) is 4.68. The maximum Gasteiger partial charge on any atom is 0.123 e. The van der Waals surface area contributed by atoms with Crippen molar-refractivity contribution >= 4 is 0 Å².